The topological polar surface area (TPSA) is 83.7 Å². The molecule has 0 bridgehead atoms. The molecule has 0 aliphatic heterocycles. The van der Waals surface area contributed by atoms with Crippen molar-refractivity contribution in [3.8, 4) is 0 Å². The third kappa shape index (κ3) is 5.77. The number of hydrogen-bond donors (Lipinski definition) is 2. The fourth-order valence-electron chi connectivity index (χ4n) is 1.62. The predicted octanol–water partition coefficient (Wildman–Crippen LogP) is 3.46. The number of hydrazone groups is 1. The minimum atomic E-state index is -0.384. The van der Waals surface area contributed by atoms with Crippen LogP contribution in [-0.4, -0.2) is 18.0 Å². The second kappa shape index (κ2) is 8.36. The van der Waals surface area contributed by atoms with E-state index in [1.54, 1.807) is 24.3 Å². The number of amides is 2. The van der Waals surface area contributed by atoms with Gasteiger partial charge in [0.1, 0.15) is 5.76 Å². The van der Waals surface area contributed by atoms with E-state index in [4.69, 9.17) is 27.6 Å². The molecule has 0 unspecified atom stereocenters. The molecule has 1 aromatic heterocycles. The van der Waals surface area contributed by atoms with Gasteiger partial charge >= 0.3 is 0 Å². The Kier molecular flexibility index (Phi) is 6.19. The third-order valence-corrected chi connectivity index (χ3v) is 3.26. The quantitative estimate of drug-likeness (QED) is 0.616. The van der Waals surface area contributed by atoms with Gasteiger partial charge in [-0.1, -0.05) is 23.2 Å². The maximum absolute atomic E-state index is 11.8. The molecule has 0 saturated carbocycles. The summed E-state index contributed by atoms with van der Waals surface area (Å²) in [4.78, 5) is 23.3. The van der Waals surface area contributed by atoms with Crippen molar-refractivity contribution in [2.75, 3.05) is 5.32 Å². The standard InChI is InChI=1S/C15H13Cl2N3O3/c16-10-3-4-13(12(17)8-10)19-14(21)5-6-15(22)20-18-9-11-2-1-7-23-11/h1-4,7-9H,5-6H2,(H,19,21)(H,20,22)/b18-9+. The lowest BCUT2D eigenvalue weighted by Crippen LogP contribution is -2.20. The number of anilines is 1. The molecule has 0 radical (unpaired) electrons. The average Bonchev–Trinajstić information content (AvgIpc) is 3.01. The Balaban J connectivity index is 1.74. The summed E-state index contributed by atoms with van der Waals surface area (Å²) in [5, 5.41) is 7.13. The van der Waals surface area contributed by atoms with Crippen molar-refractivity contribution in [1.29, 1.82) is 0 Å². The zero-order valence-corrected chi connectivity index (χ0v) is 13.4. The highest BCUT2D eigenvalue weighted by Crippen LogP contribution is 2.25. The Hall–Kier alpha value is -2.31. The molecular weight excluding hydrogens is 341 g/mol. The molecule has 1 heterocycles. The summed E-state index contributed by atoms with van der Waals surface area (Å²) in [5.41, 5.74) is 2.75. The second-order valence-corrected chi connectivity index (χ2v) is 5.32. The van der Waals surface area contributed by atoms with E-state index in [9.17, 15) is 9.59 Å². The first-order chi connectivity index (χ1) is 11.0. The molecule has 8 heteroatoms. The van der Waals surface area contributed by atoms with Crippen LogP contribution in [-0.2, 0) is 9.59 Å². The summed E-state index contributed by atoms with van der Waals surface area (Å²) in [6.07, 6.45) is 2.86. The number of carbonyl (C=O) groups is 2. The van der Waals surface area contributed by atoms with Crippen molar-refractivity contribution in [1.82, 2.24) is 5.43 Å². The molecule has 0 aliphatic carbocycles. The highest BCUT2D eigenvalue weighted by atomic mass is 35.5. The molecule has 2 amide bonds. The van der Waals surface area contributed by atoms with Crippen LogP contribution >= 0.6 is 23.2 Å². The van der Waals surface area contributed by atoms with Crippen molar-refractivity contribution < 1.29 is 14.0 Å². The maximum atomic E-state index is 11.8. The monoisotopic (exact) mass is 353 g/mol. The SMILES string of the molecule is O=C(CCC(=O)Nc1ccc(Cl)cc1Cl)N/N=C/c1ccco1. The lowest BCUT2D eigenvalue weighted by Gasteiger charge is -2.07. The smallest absolute Gasteiger partial charge is 0.240 e. The Morgan fingerprint density at radius 1 is 1.17 bits per heavy atom. The maximum Gasteiger partial charge on any atom is 0.240 e. The van der Waals surface area contributed by atoms with Gasteiger partial charge in [0.15, 0.2) is 0 Å². The fraction of sp³-hybridized carbons (Fsp3) is 0.133. The molecule has 1 aromatic carbocycles. The summed E-state index contributed by atoms with van der Waals surface area (Å²) in [5.74, 6) is -0.204. The average molecular weight is 354 g/mol. The molecule has 2 rings (SSSR count). The number of nitrogens with one attached hydrogen (secondary N) is 2. The van der Waals surface area contributed by atoms with E-state index in [0.29, 0.717) is 21.5 Å². The highest BCUT2D eigenvalue weighted by molar-refractivity contribution is 6.36. The van der Waals surface area contributed by atoms with Gasteiger partial charge in [-0.15, -0.1) is 0 Å². The summed E-state index contributed by atoms with van der Waals surface area (Å²) < 4.78 is 5.01. The molecule has 6 nitrogen and oxygen atoms in total. The van der Waals surface area contributed by atoms with Gasteiger partial charge in [-0.3, -0.25) is 9.59 Å². The molecule has 120 valence electrons. The third-order valence-electron chi connectivity index (χ3n) is 2.71. The molecule has 0 aliphatic rings. The van der Waals surface area contributed by atoms with Gasteiger partial charge in [0, 0.05) is 17.9 Å². The van der Waals surface area contributed by atoms with Crippen LogP contribution in [0, 0.1) is 0 Å². The highest BCUT2D eigenvalue weighted by Gasteiger charge is 2.09. The van der Waals surface area contributed by atoms with E-state index in [0.717, 1.165) is 0 Å². The van der Waals surface area contributed by atoms with Crippen LogP contribution in [0.5, 0.6) is 0 Å². The van der Waals surface area contributed by atoms with Crippen molar-refractivity contribution in [3.05, 3.63) is 52.4 Å². The van der Waals surface area contributed by atoms with Crippen molar-refractivity contribution in [2.24, 2.45) is 5.10 Å². The number of carbonyl (C=O) groups excluding carboxylic acids is 2. The normalized spacial score (nSPS) is 10.7. The van der Waals surface area contributed by atoms with Gasteiger partial charge in [-0.2, -0.15) is 5.10 Å². The molecule has 0 fully saturated rings. The molecule has 0 saturated heterocycles. The molecule has 0 atom stereocenters. The molecule has 2 aromatic rings. The lowest BCUT2D eigenvalue weighted by atomic mass is 10.2. The van der Waals surface area contributed by atoms with Crippen LogP contribution in [0.2, 0.25) is 10.0 Å². The first-order valence-electron chi connectivity index (χ1n) is 6.65. The van der Waals surface area contributed by atoms with Gasteiger partial charge in [-0.25, -0.2) is 5.43 Å². The first-order valence-corrected chi connectivity index (χ1v) is 7.40. The van der Waals surface area contributed by atoms with E-state index in [1.807, 2.05) is 0 Å². The Morgan fingerprint density at radius 2 is 1.96 bits per heavy atom. The van der Waals surface area contributed by atoms with Crippen molar-refractivity contribution in [3.63, 3.8) is 0 Å². The van der Waals surface area contributed by atoms with Crippen molar-refractivity contribution >= 4 is 46.9 Å². The van der Waals surface area contributed by atoms with Gasteiger partial charge in [-0.05, 0) is 30.3 Å². The number of furan rings is 1. The van der Waals surface area contributed by atoms with E-state index in [1.165, 1.54) is 18.5 Å². The van der Waals surface area contributed by atoms with Crippen LogP contribution in [0.1, 0.15) is 18.6 Å². The number of rotatable bonds is 6. The number of halogens is 2. The van der Waals surface area contributed by atoms with Crippen LogP contribution in [0.25, 0.3) is 0 Å². The summed E-state index contributed by atoms with van der Waals surface area (Å²) >= 11 is 11.7. The van der Waals surface area contributed by atoms with E-state index in [2.05, 4.69) is 15.8 Å². The Morgan fingerprint density at radius 3 is 2.65 bits per heavy atom. The van der Waals surface area contributed by atoms with Gasteiger partial charge in [0.25, 0.3) is 0 Å². The number of benzene rings is 1. The minimum absolute atomic E-state index is 0.00105. The Bertz CT molecular complexity index is 715. The zero-order valence-electron chi connectivity index (χ0n) is 11.9. The lowest BCUT2D eigenvalue weighted by molar-refractivity contribution is -0.124. The van der Waals surface area contributed by atoms with Crippen LogP contribution in [0.4, 0.5) is 5.69 Å². The predicted molar refractivity (Wildman–Crippen MR) is 88.8 cm³/mol. The van der Waals surface area contributed by atoms with Crippen LogP contribution in [0.15, 0.2) is 46.1 Å². The first kappa shape index (κ1) is 17.1. The van der Waals surface area contributed by atoms with Gasteiger partial charge in [0.2, 0.25) is 11.8 Å². The summed E-state index contributed by atoms with van der Waals surface area (Å²) in [6.45, 7) is 0. The van der Waals surface area contributed by atoms with E-state index < -0.39 is 0 Å². The van der Waals surface area contributed by atoms with E-state index in [-0.39, 0.29) is 24.7 Å². The van der Waals surface area contributed by atoms with Crippen LogP contribution in [0.3, 0.4) is 0 Å². The number of hydrogen-bond acceptors (Lipinski definition) is 4. The minimum Gasteiger partial charge on any atom is -0.463 e. The zero-order chi connectivity index (χ0) is 16.7. The van der Waals surface area contributed by atoms with Crippen LogP contribution < -0.4 is 10.7 Å². The van der Waals surface area contributed by atoms with E-state index >= 15 is 0 Å². The Labute approximate surface area is 142 Å². The molecule has 2 N–H and O–H groups in total. The molecular formula is C15H13Cl2N3O3. The van der Waals surface area contributed by atoms with Gasteiger partial charge in [0.05, 0.1) is 23.2 Å². The second-order valence-electron chi connectivity index (χ2n) is 4.48. The van der Waals surface area contributed by atoms with Crippen molar-refractivity contribution in [2.45, 2.75) is 12.8 Å². The molecule has 23 heavy (non-hydrogen) atoms. The largest absolute Gasteiger partial charge is 0.463 e. The van der Waals surface area contributed by atoms with Gasteiger partial charge < -0.3 is 9.73 Å². The number of nitrogens with zero attached hydrogens (tertiary/aromatic N) is 1. The fourth-order valence-corrected chi connectivity index (χ4v) is 2.07. The summed E-state index contributed by atoms with van der Waals surface area (Å²) in [6, 6.07) is 8.12. The summed E-state index contributed by atoms with van der Waals surface area (Å²) in [7, 11) is 0. The molecule has 0 spiro atoms.